The van der Waals surface area contributed by atoms with E-state index in [4.69, 9.17) is 0 Å². The third-order valence-electron chi connectivity index (χ3n) is 2.98. The van der Waals surface area contributed by atoms with Crippen molar-refractivity contribution in [3.8, 4) is 0 Å². The van der Waals surface area contributed by atoms with E-state index in [1.54, 1.807) is 6.21 Å². The molecule has 23 heavy (non-hydrogen) atoms. The van der Waals surface area contributed by atoms with Gasteiger partial charge >= 0.3 is 0 Å². The topological polar surface area (TPSA) is 62.2 Å². The van der Waals surface area contributed by atoms with Gasteiger partial charge in [0.1, 0.15) is 0 Å². The Kier molecular flexibility index (Phi) is 4.99. The Hall–Kier alpha value is -2.25. The van der Waals surface area contributed by atoms with Crippen LogP contribution in [0.5, 0.6) is 0 Å². The zero-order chi connectivity index (χ0) is 16.1. The van der Waals surface area contributed by atoms with Crippen LogP contribution in [0.1, 0.15) is 11.1 Å². The highest BCUT2D eigenvalue weighted by molar-refractivity contribution is 9.10. The standard InChI is InChI=1S/C16H14BrN5S/c1-11-2-4-12(5-3-11)10-18-21-15-20-16(23-22-15)19-14-8-6-13(17)7-9-14/h2-10H,1H3,(H2,19,20,21,22)/b18-10+. The lowest BCUT2D eigenvalue weighted by Gasteiger charge is -2.00. The van der Waals surface area contributed by atoms with Crippen LogP contribution in [0.2, 0.25) is 0 Å². The van der Waals surface area contributed by atoms with Crippen molar-refractivity contribution in [2.45, 2.75) is 6.92 Å². The van der Waals surface area contributed by atoms with E-state index in [0.717, 1.165) is 15.7 Å². The monoisotopic (exact) mass is 387 g/mol. The lowest BCUT2D eigenvalue weighted by molar-refractivity contribution is 1.21. The fraction of sp³-hybridized carbons (Fsp3) is 0.0625. The highest BCUT2D eigenvalue weighted by atomic mass is 79.9. The van der Waals surface area contributed by atoms with Gasteiger partial charge in [-0.15, -0.1) is 4.37 Å². The van der Waals surface area contributed by atoms with Crippen molar-refractivity contribution in [3.63, 3.8) is 0 Å². The van der Waals surface area contributed by atoms with E-state index in [1.165, 1.54) is 17.1 Å². The molecule has 7 heteroatoms. The summed E-state index contributed by atoms with van der Waals surface area (Å²) in [6, 6.07) is 16.0. The molecule has 0 aliphatic carbocycles. The second-order valence-electron chi connectivity index (χ2n) is 4.84. The van der Waals surface area contributed by atoms with Gasteiger partial charge in [0.25, 0.3) is 5.95 Å². The highest BCUT2D eigenvalue weighted by Crippen LogP contribution is 2.21. The average Bonchev–Trinajstić information content (AvgIpc) is 2.99. The Balaban J connectivity index is 1.58. The molecule has 1 aromatic heterocycles. The number of rotatable bonds is 5. The van der Waals surface area contributed by atoms with Crippen molar-refractivity contribution in [2.24, 2.45) is 5.10 Å². The Morgan fingerprint density at radius 3 is 2.57 bits per heavy atom. The molecule has 0 fully saturated rings. The van der Waals surface area contributed by atoms with Crippen LogP contribution in [0.25, 0.3) is 0 Å². The first-order chi connectivity index (χ1) is 11.2. The average molecular weight is 388 g/mol. The van der Waals surface area contributed by atoms with E-state index in [9.17, 15) is 0 Å². The van der Waals surface area contributed by atoms with Gasteiger partial charge in [-0.1, -0.05) is 45.8 Å². The van der Waals surface area contributed by atoms with Crippen LogP contribution < -0.4 is 10.7 Å². The van der Waals surface area contributed by atoms with Gasteiger partial charge in [0.05, 0.1) is 6.21 Å². The number of aromatic nitrogens is 2. The minimum Gasteiger partial charge on any atom is -0.330 e. The summed E-state index contributed by atoms with van der Waals surface area (Å²) in [7, 11) is 0. The molecule has 2 N–H and O–H groups in total. The third-order valence-corrected chi connectivity index (χ3v) is 4.14. The maximum Gasteiger partial charge on any atom is 0.257 e. The molecule has 0 aliphatic rings. The SMILES string of the molecule is Cc1ccc(/C=N/Nc2nsc(Nc3ccc(Br)cc3)n2)cc1. The number of aryl methyl sites for hydroxylation is 1. The number of benzene rings is 2. The summed E-state index contributed by atoms with van der Waals surface area (Å²) in [5, 5.41) is 8.05. The molecule has 0 saturated carbocycles. The van der Waals surface area contributed by atoms with Crippen molar-refractivity contribution in [2.75, 3.05) is 10.7 Å². The Labute approximate surface area is 146 Å². The quantitative estimate of drug-likeness (QED) is 0.487. The molecule has 0 aliphatic heterocycles. The predicted molar refractivity (Wildman–Crippen MR) is 99.7 cm³/mol. The number of hydrogen-bond acceptors (Lipinski definition) is 6. The van der Waals surface area contributed by atoms with Gasteiger partial charge in [0.15, 0.2) is 0 Å². The summed E-state index contributed by atoms with van der Waals surface area (Å²) in [5.41, 5.74) is 6.03. The molecule has 2 aromatic carbocycles. The number of anilines is 3. The number of halogens is 1. The first-order valence-corrected chi connectivity index (χ1v) is 8.48. The van der Waals surface area contributed by atoms with Gasteiger partial charge in [-0.2, -0.15) is 10.1 Å². The largest absolute Gasteiger partial charge is 0.330 e. The Morgan fingerprint density at radius 2 is 1.83 bits per heavy atom. The van der Waals surface area contributed by atoms with Crippen molar-refractivity contribution in [3.05, 3.63) is 64.1 Å². The van der Waals surface area contributed by atoms with Crippen LogP contribution in [0.4, 0.5) is 16.8 Å². The van der Waals surface area contributed by atoms with E-state index in [1.807, 2.05) is 48.5 Å². The molecular formula is C16H14BrN5S. The van der Waals surface area contributed by atoms with Gasteiger partial charge < -0.3 is 5.32 Å². The molecule has 0 saturated heterocycles. The molecule has 3 aromatic rings. The fourth-order valence-corrected chi connectivity index (χ4v) is 2.60. The van der Waals surface area contributed by atoms with Crippen LogP contribution in [-0.4, -0.2) is 15.6 Å². The Morgan fingerprint density at radius 1 is 1.09 bits per heavy atom. The molecule has 0 bridgehead atoms. The molecule has 0 radical (unpaired) electrons. The van der Waals surface area contributed by atoms with Crippen molar-refractivity contribution < 1.29 is 0 Å². The van der Waals surface area contributed by atoms with Crippen LogP contribution in [0, 0.1) is 6.92 Å². The lowest BCUT2D eigenvalue weighted by Crippen LogP contribution is -1.93. The predicted octanol–water partition coefficient (Wildman–Crippen LogP) is 4.80. The first kappa shape index (κ1) is 15.6. The van der Waals surface area contributed by atoms with E-state index in [0.29, 0.717) is 11.1 Å². The summed E-state index contributed by atoms with van der Waals surface area (Å²) in [6.07, 6.45) is 1.74. The summed E-state index contributed by atoms with van der Waals surface area (Å²) in [6.45, 7) is 2.05. The molecule has 5 nitrogen and oxygen atoms in total. The van der Waals surface area contributed by atoms with E-state index in [2.05, 4.69) is 48.1 Å². The normalized spacial score (nSPS) is 10.9. The van der Waals surface area contributed by atoms with Crippen molar-refractivity contribution >= 4 is 50.4 Å². The molecule has 0 atom stereocenters. The minimum absolute atomic E-state index is 0.470. The first-order valence-electron chi connectivity index (χ1n) is 6.91. The maximum absolute atomic E-state index is 4.33. The van der Waals surface area contributed by atoms with Gasteiger partial charge in [-0.25, -0.2) is 5.43 Å². The highest BCUT2D eigenvalue weighted by Gasteiger charge is 2.03. The minimum atomic E-state index is 0.470. The lowest BCUT2D eigenvalue weighted by atomic mass is 10.2. The molecule has 116 valence electrons. The van der Waals surface area contributed by atoms with Crippen molar-refractivity contribution in [1.29, 1.82) is 0 Å². The Bertz CT molecular complexity index is 796. The number of nitrogens with zero attached hydrogens (tertiary/aromatic N) is 3. The summed E-state index contributed by atoms with van der Waals surface area (Å²) in [4.78, 5) is 4.33. The molecule has 0 unspecified atom stereocenters. The van der Waals surface area contributed by atoms with E-state index >= 15 is 0 Å². The summed E-state index contributed by atoms with van der Waals surface area (Å²) >= 11 is 4.68. The number of hydrogen-bond donors (Lipinski definition) is 2. The number of nitrogens with one attached hydrogen (secondary N) is 2. The van der Waals surface area contributed by atoms with Crippen LogP contribution >= 0.6 is 27.5 Å². The molecule has 0 spiro atoms. The maximum atomic E-state index is 4.33. The number of hydrazone groups is 1. The summed E-state index contributed by atoms with van der Waals surface area (Å²) in [5.74, 6) is 0.470. The van der Waals surface area contributed by atoms with Gasteiger partial charge in [-0.05, 0) is 36.8 Å². The van der Waals surface area contributed by atoms with Gasteiger partial charge in [-0.3, -0.25) is 0 Å². The van der Waals surface area contributed by atoms with Gasteiger partial charge in [0.2, 0.25) is 5.13 Å². The zero-order valence-corrected chi connectivity index (χ0v) is 14.7. The van der Waals surface area contributed by atoms with Crippen molar-refractivity contribution in [1.82, 2.24) is 9.36 Å². The summed E-state index contributed by atoms with van der Waals surface area (Å²) < 4.78 is 5.24. The third kappa shape index (κ3) is 4.61. The molecule has 3 rings (SSSR count). The molecule has 1 heterocycles. The smallest absolute Gasteiger partial charge is 0.257 e. The van der Waals surface area contributed by atoms with Crippen LogP contribution in [-0.2, 0) is 0 Å². The molecule has 0 amide bonds. The van der Waals surface area contributed by atoms with E-state index < -0.39 is 0 Å². The second-order valence-corrected chi connectivity index (χ2v) is 6.50. The molecular weight excluding hydrogens is 374 g/mol. The second kappa shape index (κ2) is 7.34. The van der Waals surface area contributed by atoms with E-state index in [-0.39, 0.29) is 0 Å². The van der Waals surface area contributed by atoms with Crippen LogP contribution in [0.3, 0.4) is 0 Å². The fourth-order valence-electron chi connectivity index (χ4n) is 1.79. The van der Waals surface area contributed by atoms with Gasteiger partial charge in [0, 0.05) is 21.7 Å². The van der Waals surface area contributed by atoms with Crippen LogP contribution in [0.15, 0.2) is 58.1 Å². The zero-order valence-electron chi connectivity index (χ0n) is 12.3.